The number of nitrogens with one attached hydrogen (secondary N) is 3. The van der Waals surface area contributed by atoms with Gasteiger partial charge in [0.1, 0.15) is 6.04 Å². The number of amides is 3. The molecule has 1 unspecified atom stereocenters. The van der Waals surface area contributed by atoms with E-state index in [4.69, 9.17) is 9.47 Å². The molecule has 1 fully saturated rings. The Hall–Kier alpha value is -2.77. The van der Waals surface area contributed by atoms with Crippen molar-refractivity contribution in [3.63, 3.8) is 0 Å². The van der Waals surface area contributed by atoms with Crippen molar-refractivity contribution < 1.29 is 23.9 Å². The minimum Gasteiger partial charge on any atom is -0.378 e. The summed E-state index contributed by atoms with van der Waals surface area (Å²) in [5, 5.41) is 8.63. The van der Waals surface area contributed by atoms with Crippen LogP contribution >= 0.6 is 0 Å². The van der Waals surface area contributed by atoms with E-state index in [1.54, 1.807) is 11.0 Å². The molecule has 3 rings (SSSR count). The lowest BCUT2D eigenvalue weighted by Crippen LogP contribution is -2.52. The predicted molar refractivity (Wildman–Crippen MR) is 122 cm³/mol. The van der Waals surface area contributed by atoms with E-state index in [2.05, 4.69) is 27.8 Å². The second-order valence-corrected chi connectivity index (χ2v) is 7.86. The van der Waals surface area contributed by atoms with Crippen molar-refractivity contribution >= 4 is 17.7 Å². The summed E-state index contributed by atoms with van der Waals surface area (Å²) in [5.41, 5.74) is 2.23. The summed E-state index contributed by atoms with van der Waals surface area (Å²) in [6, 6.07) is 4.86. The fourth-order valence-corrected chi connectivity index (χ4v) is 3.78. The van der Waals surface area contributed by atoms with Crippen LogP contribution in [0.5, 0.6) is 0 Å². The summed E-state index contributed by atoms with van der Waals surface area (Å²) >= 11 is 0. The lowest BCUT2D eigenvalue weighted by Gasteiger charge is -2.29. The predicted octanol–water partition coefficient (Wildman–Crippen LogP) is 0.0314. The van der Waals surface area contributed by atoms with Crippen LogP contribution in [0.1, 0.15) is 40.7 Å². The van der Waals surface area contributed by atoms with Gasteiger partial charge in [-0.2, -0.15) is 0 Å². The van der Waals surface area contributed by atoms with Crippen molar-refractivity contribution in [3.8, 4) is 11.8 Å². The number of carbonyl (C=O) groups is 3. The van der Waals surface area contributed by atoms with Gasteiger partial charge in [0, 0.05) is 50.1 Å². The maximum Gasteiger partial charge on any atom is 0.255 e. The van der Waals surface area contributed by atoms with E-state index < -0.39 is 11.9 Å². The zero-order valence-electron chi connectivity index (χ0n) is 19.1. The molecule has 2 aliphatic heterocycles. The molecule has 33 heavy (non-hydrogen) atoms. The summed E-state index contributed by atoms with van der Waals surface area (Å²) < 4.78 is 10.9. The van der Waals surface area contributed by atoms with E-state index in [9.17, 15) is 14.4 Å². The Labute approximate surface area is 194 Å². The van der Waals surface area contributed by atoms with E-state index in [0.717, 1.165) is 30.8 Å². The lowest BCUT2D eigenvalue weighted by molar-refractivity contribution is -0.136. The summed E-state index contributed by atoms with van der Waals surface area (Å²) in [5.74, 6) is 5.44. The van der Waals surface area contributed by atoms with Gasteiger partial charge in [-0.1, -0.05) is 17.9 Å². The Morgan fingerprint density at radius 3 is 2.64 bits per heavy atom. The molecule has 3 N–H and O–H groups in total. The largest absolute Gasteiger partial charge is 0.378 e. The molecule has 178 valence electrons. The van der Waals surface area contributed by atoms with Gasteiger partial charge in [-0.15, -0.1) is 0 Å². The molecule has 0 saturated carbocycles. The number of fused-ring (bicyclic) bond motifs is 1. The number of ether oxygens (including phenoxy) is 2. The third-order valence-corrected chi connectivity index (χ3v) is 5.52. The van der Waals surface area contributed by atoms with Crippen LogP contribution in [0.15, 0.2) is 18.2 Å². The average molecular weight is 457 g/mol. The number of hydrogen-bond acceptors (Lipinski definition) is 7. The normalized spacial score (nSPS) is 17.5. The van der Waals surface area contributed by atoms with Crippen LogP contribution in [0.25, 0.3) is 0 Å². The van der Waals surface area contributed by atoms with Crippen LogP contribution in [0.3, 0.4) is 0 Å². The number of likely N-dealkylation sites (N-methyl/N-ethyl adjacent to an activating group) is 1. The molecule has 2 aliphatic rings. The van der Waals surface area contributed by atoms with Gasteiger partial charge >= 0.3 is 0 Å². The van der Waals surface area contributed by atoms with Crippen molar-refractivity contribution in [2.75, 3.05) is 53.1 Å². The molecule has 0 spiro atoms. The molecular weight excluding hydrogens is 424 g/mol. The molecule has 0 aromatic heterocycles. The van der Waals surface area contributed by atoms with Gasteiger partial charge < -0.3 is 25.0 Å². The number of nitrogens with zero attached hydrogens (tertiary/aromatic N) is 1. The molecule has 0 bridgehead atoms. The number of rotatable bonds is 12. The van der Waals surface area contributed by atoms with Gasteiger partial charge in [-0.05, 0) is 31.2 Å². The molecule has 9 heteroatoms. The van der Waals surface area contributed by atoms with E-state index in [-0.39, 0.29) is 18.2 Å². The summed E-state index contributed by atoms with van der Waals surface area (Å²) in [4.78, 5) is 38.0. The fourth-order valence-electron chi connectivity index (χ4n) is 3.78. The van der Waals surface area contributed by atoms with Gasteiger partial charge in [0.05, 0.1) is 26.4 Å². The Balaban J connectivity index is 1.40. The van der Waals surface area contributed by atoms with Crippen LogP contribution in [0.2, 0.25) is 0 Å². The third-order valence-electron chi connectivity index (χ3n) is 5.52. The van der Waals surface area contributed by atoms with Crippen LogP contribution in [-0.4, -0.2) is 81.8 Å². The smallest absolute Gasteiger partial charge is 0.255 e. The van der Waals surface area contributed by atoms with Crippen molar-refractivity contribution in [1.29, 1.82) is 0 Å². The Morgan fingerprint density at radius 2 is 1.88 bits per heavy atom. The topological polar surface area (TPSA) is 109 Å². The Kier molecular flexibility index (Phi) is 9.84. The summed E-state index contributed by atoms with van der Waals surface area (Å²) in [6.45, 7) is 5.14. The van der Waals surface area contributed by atoms with Crippen LogP contribution in [-0.2, 0) is 25.6 Å². The number of imide groups is 1. The van der Waals surface area contributed by atoms with Crippen LogP contribution < -0.4 is 16.0 Å². The van der Waals surface area contributed by atoms with E-state index in [1.165, 1.54) is 0 Å². The van der Waals surface area contributed by atoms with Crippen molar-refractivity contribution in [2.45, 2.75) is 31.8 Å². The number of benzene rings is 1. The molecule has 1 atom stereocenters. The Morgan fingerprint density at radius 1 is 1.09 bits per heavy atom. The molecule has 1 aromatic rings. The minimum atomic E-state index is -0.616. The highest BCUT2D eigenvalue weighted by Gasteiger charge is 2.39. The summed E-state index contributed by atoms with van der Waals surface area (Å²) in [7, 11) is 1.89. The first-order valence-electron chi connectivity index (χ1n) is 11.4. The van der Waals surface area contributed by atoms with Gasteiger partial charge in [-0.25, -0.2) is 0 Å². The molecular formula is C24H32N4O5. The first kappa shape index (κ1) is 24.9. The number of piperidine rings is 1. The second-order valence-electron chi connectivity index (χ2n) is 7.86. The highest BCUT2D eigenvalue weighted by atomic mass is 16.5. The van der Waals surface area contributed by atoms with Gasteiger partial charge in [0.15, 0.2) is 0 Å². The third kappa shape index (κ3) is 7.11. The number of carbonyl (C=O) groups excluding carboxylic acids is 3. The first-order chi connectivity index (χ1) is 16.1. The zero-order valence-corrected chi connectivity index (χ0v) is 19.1. The molecule has 1 saturated heterocycles. The van der Waals surface area contributed by atoms with Crippen molar-refractivity contribution in [2.24, 2.45) is 0 Å². The molecule has 3 amide bonds. The SMILES string of the molecule is CNCCOCCOCCNCCC#Cc1cccc2c1CN(C1CCC(=O)NC1=O)C2=O. The standard InChI is InChI=1S/C24H32N4O5/c1-25-11-13-32-15-16-33-14-12-26-10-3-2-5-18-6-4-7-19-20(18)17-28(24(19)31)21-8-9-22(29)27-23(21)30/h4,6-7,21,25-26H,3,8-17H2,1H3,(H,27,29,30). The van der Waals surface area contributed by atoms with Crippen LogP contribution in [0, 0.1) is 11.8 Å². The van der Waals surface area contributed by atoms with E-state index in [0.29, 0.717) is 51.4 Å². The summed E-state index contributed by atoms with van der Waals surface area (Å²) in [6.07, 6.45) is 1.26. The lowest BCUT2D eigenvalue weighted by atomic mass is 10.0. The maximum atomic E-state index is 12.8. The van der Waals surface area contributed by atoms with Gasteiger partial charge in [-0.3, -0.25) is 19.7 Å². The zero-order chi connectivity index (χ0) is 23.5. The van der Waals surface area contributed by atoms with Crippen molar-refractivity contribution in [3.05, 3.63) is 34.9 Å². The highest BCUT2D eigenvalue weighted by Crippen LogP contribution is 2.29. The first-order valence-corrected chi connectivity index (χ1v) is 11.4. The number of hydrogen-bond donors (Lipinski definition) is 3. The molecule has 1 aromatic carbocycles. The van der Waals surface area contributed by atoms with Gasteiger partial charge in [0.25, 0.3) is 5.91 Å². The minimum absolute atomic E-state index is 0.183. The van der Waals surface area contributed by atoms with Crippen LogP contribution in [0.4, 0.5) is 0 Å². The van der Waals surface area contributed by atoms with E-state index in [1.807, 2.05) is 19.2 Å². The highest BCUT2D eigenvalue weighted by molar-refractivity contribution is 6.05. The molecule has 0 aliphatic carbocycles. The molecule has 0 radical (unpaired) electrons. The molecule has 9 nitrogen and oxygen atoms in total. The van der Waals surface area contributed by atoms with Gasteiger partial charge in [0.2, 0.25) is 11.8 Å². The Bertz CT molecular complexity index is 908. The molecule has 2 heterocycles. The quantitative estimate of drug-likeness (QED) is 0.231. The second kappa shape index (κ2) is 13.1. The monoisotopic (exact) mass is 456 g/mol. The average Bonchev–Trinajstić information content (AvgIpc) is 3.14. The maximum absolute atomic E-state index is 12.8. The van der Waals surface area contributed by atoms with Crippen molar-refractivity contribution in [1.82, 2.24) is 20.9 Å². The fraction of sp³-hybridized carbons (Fsp3) is 0.542. The van der Waals surface area contributed by atoms with E-state index >= 15 is 0 Å².